The first kappa shape index (κ1) is 30.7. The third kappa shape index (κ3) is 5.04. The molecule has 5 aromatic rings. The summed E-state index contributed by atoms with van der Waals surface area (Å²) in [5, 5.41) is 1.01. The molecule has 11 nitrogen and oxygen atoms in total. The van der Waals surface area contributed by atoms with Crippen LogP contribution in [0.5, 0.6) is 5.75 Å². The Bertz CT molecular complexity index is 2240. The summed E-state index contributed by atoms with van der Waals surface area (Å²) in [7, 11) is -2.24. The van der Waals surface area contributed by atoms with E-state index in [0.29, 0.717) is 47.6 Å². The van der Waals surface area contributed by atoms with Gasteiger partial charge < -0.3 is 24.5 Å². The molecule has 5 heterocycles. The number of benzene rings is 2. The molecule has 2 unspecified atom stereocenters. The van der Waals surface area contributed by atoms with E-state index in [1.165, 1.54) is 35.3 Å². The predicted octanol–water partition coefficient (Wildman–Crippen LogP) is 4.49. The van der Waals surface area contributed by atoms with Gasteiger partial charge in [-0.25, -0.2) is 22.8 Å². The minimum atomic E-state index is -3.84. The van der Waals surface area contributed by atoms with E-state index in [0.717, 1.165) is 47.7 Å². The minimum Gasteiger partial charge on any atom is -0.494 e. The van der Waals surface area contributed by atoms with E-state index in [-0.39, 0.29) is 41.9 Å². The average Bonchev–Trinajstić information content (AvgIpc) is 3.43. The van der Waals surface area contributed by atoms with Crippen molar-refractivity contribution in [3.63, 3.8) is 0 Å². The number of carbonyl (C=O) groups excluding carboxylic acids is 1. The standard InChI is InChI=1S/C36H38FN7O4S/c1-48-31-14-25(36(45)43-20-24-9-10-29(43)32(24)38)12-28-33(31)44(19-22-16-41(17-22)49(46,47)27-6-2-5-26(37)15-27)35(40-28)30-13-23-4-3-11-39-34(23)42(30)18-21-7-8-21/h2-6,11-15,21-22,24,29,32H,7-10,16-20,38H2,1H3/t24?,29?,32-/m1/s1. The Balaban J connectivity index is 1.13. The van der Waals surface area contributed by atoms with Gasteiger partial charge in [0, 0.05) is 67.9 Å². The van der Waals surface area contributed by atoms with Gasteiger partial charge in [0.05, 0.1) is 23.2 Å². The fraction of sp³-hybridized carbons (Fsp3) is 0.417. The molecule has 3 atom stereocenters. The Morgan fingerprint density at radius 1 is 0.980 bits per heavy atom. The average molecular weight is 684 g/mol. The number of sulfonamides is 1. The van der Waals surface area contributed by atoms with Gasteiger partial charge in [-0.2, -0.15) is 4.31 Å². The van der Waals surface area contributed by atoms with Crippen molar-refractivity contribution >= 4 is 38.0 Å². The van der Waals surface area contributed by atoms with Crippen molar-refractivity contribution in [1.82, 2.24) is 28.3 Å². The maximum absolute atomic E-state index is 13.9. The number of pyridine rings is 1. The molecule has 2 bridgehead atoms. The molecule has 0 spiro atoms. The lowest BCUT2D eigenvalue weighted by Gasteiger charge is -2.38. The summed E-state index contributed by atoms with van der Waals surface area (Å²) in [6.45, 7) is 2.51. The fourth-order valence-electron chi connectivity index (χ4n) is 8.21. The number of likely N-dealkylation sites (tertiary alicyclic amines) is 1. The molecule has 2 aliphatic carbocycles. The molecule has 2 saturated carbocycles. The molecule has 1 amide bonds. The van der Waals surface area contributed by atoms with Crippen LogP contribution < -0.4 is 10.5 Å². The lowest BCUT2D eigenvalue weighted by atomic mass is 10.0. The first-order valence-electron chi connectivity index (χ1n) is 17.0. The maximum atomic E-state index is 13.9. The molecule has 49 heavy (non-hydrogen) atoms. The number of aromatic nitrogens is 4. The molecule has 9 rings (SSSR count). The van der Waals surface area contributed by atoms with Gasteiger partial charge in [-0.3, -0.25) is 4.79 Å². The lowest BCUT2D eigenvalue weighted by Crippen LogP contribution is -2.51. The zero-order valence-corrected chi connectivity index (χ0v) is 28.0. The molecule has 4 fully saturated rings. The van der Waals surface area contributed by atoms with Crippen LogP contribution in [0.25, 0.3) is 33.6 Å². The highest BCUT2D eigenvalue weighted by Crippen LogP contribution is 2.41. The summed E-state index contributed by atoms with van der Waals surface area (Å²) in [6.07, 6.45) is 6.11. The van der Waals surface area contributed by atoms with Crippen molar-refractivity contribution < 1.29 is 22.3 Å². The molecule has 2 aliphatic heterocycles. The topological polar surface area (TPSA) is 129 Å². The molecular weight excluding hydrogens is 646 g/mol. The highest BCUT2D eigenvalue weighted by atomic mass is 32.2. The summed E-state index contributed by atoms with van der Waals surface area (Å²) >= 11 is 0. The number of nitrogens with zero attached hydrogens (tertiary/aromatic N) is 6. The monoisotopic (exact) mass is 683 g/mol. The molecule has 3 aromatic heterocycles. The zero-order valence-electron chi connectivity index (χ0n) is 27.2. The Kier molecular flexibility index (Phi) is 7.12. The number of halogens is 1. The fourth-order valence-corrected chi connectivity index (χ4v) is 9.84. The van der Waals surface area contributed by atoms with Crippen molar-refractivity contribution in [2.45, 2.75) is 55.8 Å². The zero-order chi connectivity index (χ0) is 33.6. The molecule has 2 saturated heterocycles. The smallest absolute Gasteiger partial charge is 0.254 e. The summed E-state index contributed by atoms with van der Waals surface area (Å²) in [5.41, 5.74) is 10.1. The number of rotatable bonds is 9. The van der Waals surface area contributed by atoms with Crippen LogP contribution in [0.2, 0.25) is 0 Å². The predicted molar refractivity (Wildman–Crippen MR) is 182 cm³/mol. The Morgan fingerprint density at radius 3 is 2.51 bits per heavy atom. The quantitative estimate of drug-likeness (QED) is 0.243. The van der Waals surface area contributed by atoms with Gasteiger partial charge in [0.25, 0.3) is 5.91 Å². The number of amides is 1. The number of fused-ring (bicyclic) bond motifs is 4. The van der Waals surface area contributed by atoms with Gasteiger partial charge in [-0.05, 0) is 86.1 Å². The van der Waals surface area contributed by atoms with Crippen molar-refractivity contribution in [1.29, 1.82) is 0 Å². The van der Waals surface area contributed by atoms with Crippen LogP contribution in [-0.2, 0) is 23.1 Å². The van der Waals surface area contributed by atoms with Gasteiger partial charge in [0.2, 0.25) is 10.0 Å². The van der Waals surface area contributed by atoms with Crippen molar-refractivity contribution in [3.05, 3.63) is 72.2 Å². The highest BCUT2D eigenvalue weighted by molar-refractivity contribution is 7.89. The third-order valence-corrected chi connectivity index (χ3v) is 12.8. The van der Waals surface area contributed by atoms with Gasteiger partial charge in [-0.15, -0.1) is 0 Å². The molecule has 0 radical (unpaired) electrons. The molecule has 2 N–H and O–H groups in total. The van der Waals surface area contributed by atoms with Gasteiger partial charge >= 0.3 is 0 Å². The molecule has 254 valence electrons. The second kappa shape index (κ2) is 11.4. The largest absolute Gasteiger partial charge is 0.494 e. The lowest BCUT2D eigenvalue weighted by molar-refractivity contribution is 0.0700. The number of piperidine rings is 1. The van der Waals surface area contributed by atoms with Crippen LogP contribution in [0.4, 0.5) is 4.39 Å². The number of carbonyl (C=O) groups is 1. The van der Waals surface area contributed by atoms with E-state index in [2.05, 4.69) is 21.3 Å². The normalized spacial score (nSPS) is 22.8. The van der Waals surface area contributed by atoms with Crippen LogP contribution >= 0.6 is 0 Å². The number of ether oxygens (including phenoxy) is 1. The van der Waals surface area contributed by atoms with Gasteiger partial charge in [0.1, 0.15) is 22.7 Å². The van der Waals surface area contributed by atoms with E-state index in [1.807, 2.05) is 17.0 Å². The van der Waals surface area contributed by atoms with Crippen LogP contribution in [-0.4, -0.2) is 81.5 Å². The Morgan fingerprint density at radius 2 is 1.80 bits per heavy atom. The van der Waals surface area contributed by atoms with E-state index in [9.17, 15) is 17.6 Å². The maximum Gasteiger partial charge on any atom is 0.254 e. The summed E-state index contributed by atoms with van der Waals surface area (Å²) in [4.78, 5) is 25.7. The number of hydrogen-bond donors (Lipinski definition) is 1. The van der Waals surface area contributed by atoms with Gasteiger partial charge in [-0.1, -0.05) is 6.07 Å². The number of methoxy groups -OCH3 is 1. The summed E-state index contributed by atoms with van der Waals surface area (Å²) in [5.74, 6) is 1.45. The highest BCUT2D eigenvalue weighted by Gasteiger charge is 2.47. The van der Waals surface area contributed by atoms with Crippen LogP contribution in [0, 0.1) is 23.6 Å². The van der Waals surface area contributed by atoms with Crippen LogP contribution in [0.3, 0.4) is 0 Å². The van der Waals surface area contributed by atoms with Crippen molar-refractivity contribution in [2.75, 3.05) is 26.7 Å². The van der Waals surface area contributed by atoms with Crippen molar-refractivity contribution in [2.24, 2.45) is 23.5 Å². The molecular formula is C36H38FN7O4S. The van der Waals surface area contributed by atoms with E-state index in [1.54, 1.807) is 19.4 Å². The molecule has 13 heteroatoms. The first-order chi connectivity index (χ1) is 23.7. The Labute approximate surface area is 283 Å². The van der Waals surface area contributed by atoms with Crippen LogP contribution in [0.1, 0.15) is 36.0 Å². The van der Waals surface area contributed by atoms with E-state index < -0.39 is 15.8 Å². The molecule has 2 aromatic carbocycles. The number of imidazole rings is 1. The van der Waals surface area contributed by atoms with E-state index >= 15 is 0 Å². The summed E-state index contributed by atoms with van der Waals surface area (Å²) < 4.78 is 52.3. The van der Waals surface area contributed by atoms with Crippen molar-refractivity contribution in [3.8, 4) is 17.3 Å². The van der Waals surface area contributed by atoms with Crippen LogP contribution in [0.15, 0.2) is 65.7 Å². The second-order valence-electron chi connectivity index (χ2n) is 14.2. The summed E-state index contributed by atoms with van der Waals surface area (Å²) in [6, 6.07) is 14.9. The van der Waals surface area contributed by atoms with E-state index in [4.69, 9.17) is 20.4 Å². The minimum absolute atomic E-state index is 0.00848. The Hall–Kier alpha value is -4.33. The van der Waals surface area contributed by atoms with Gasteiger partial charge in [0.15, 0.2) is 5.82 Å². The second-order valence-corrected chi connectivity index (χ2v) is 16.1. The molecule has 4 aliphatic rings. The third-order valence-electron chi connectivity index (χ3n) is 11.0. The first-order valence-corrected chi connectivity index (χ1v) is 18.5. The number of nitrogens with two attached hydrogens (primary N) is 1. The number of hydrogen-bond acceptors (Lipinski definition) is 7. The SMILES string of the molecule is COc1cc(C(=O)N2CC3CCC2[C@@H]3N)cc2nc(-c3cc4cccnc4n3CC3CC3)n(CC3CN(S(=O)(=O)c4cccc(F)c4)C3)c12.